The predicted octanol–water partition coefficient (Wildman–Crippen LogP) is 3.54. The molecule has 9 nitrogen and oxygen atoms in total. The van der Waals surface area contributed by atoms with Crippen molar-refractivity contribution in [1.29, 1.82) is 0 Å². The van der Waals surface area contributed by atoms with Crippen LogP contribution in [-0.2, 0) is 20.4 Å². The lowest BCUT2D eigenvalue weighted by Crippen LogP contribution is -2.31. The van der Waals surface area contributed by atoms with Gasteiger partial charge in [0.2, 0.25) is 0 Å². The van der Waals surface area contributed by atoms with E-state index >= 15 is 0 Å². The van der Waals surface area contributed by atoms with Gasteiger partial charge < -0.3 is 28.8 Å². The summed E-state index contributed by atoms with van der Waals surface area (Å²) in [7, 11) is 2.90. The third-order valence-corrected chi connectivity index (χ3v) is 6.10. The number of nitrogens with zero attached hydrogens (tertiary/aromatic N) is 3. The van der Waals surface area contributed by atoms with Crippen LogP contribution in [0.5, 0.6) is 11.5 Å². The maximum atomic E-state index is 14.1. The Kier molecular flexibility index (Phi) is 5.66. The van der Waals surface area contributed by atoms with E-state index in [-0.39, 0.29) is 23.3 Å². The first-order chi connectivity index (χ1) is 16.6. The van der Waals surface area contributed by atoms with Gasteiger partial charge in [-0.1, -0.05) is 0 Å². The standard InChI is InChI=1S/C23H24F3N3O6/c1-22(2)34-18-17(10-30)33-21(19(18)35-22)29-20-12(9-27-29)13(23(24,25)26)8-14(28-20)11-5-6-15(31-3)16(7-11)32-4/h5-9,17-19,21,30H,10H2,1-4H3/t17-,18-,19-,21-/m1/s1. The Hall–Kier alpha value is -2.93. The van der Waals surface area contributed by atoms with Crippen LogP contribution >= 0.6 is 0 Å². The number of rotatable bonds is 5. The Labute approximate surface area is 198 Å². The van der Waals surface area contributed by atoms with Gasteiger partial charge in [0.1, 0.15) is 18.3 Å². The first-order valence-electron chi connectivity index (χ1n) is 10.9. The molecule has 2 aliphatic rings. The van der Waals surface area contributed by atoms with Gasteiger partial charge in [-0.05, 0) is 38.1 Å². The molecule has 1 N–H and O–H groups in total. The second-order valence-corrected chi connectivity index (χ2v) is 8.76. The van der Waals surface area contributed by atoms with Crippen molar-refractivity contribution in [1.82, 2.24) is 14.8 Å². The topological polar surface area (TPSA) is 97.1 Å². The number of ether oxygens (including phenoxy) is 5. The minimum absolute atomic E-state index is 0.0414. The zero-order chi connectivity index (χ0) is 25.1. The van der Waals surface area contributed by atoms with E-state index in [2.05, 4.69) is 10.1 Å². The van der Waals surface area contributed by atoms with Gasteiger partial charge in [0.25, 0.3) is 0 Å². The fourth-order valence-electron chi connectivity index (χ4n) is 4.59. The number of aromatic nitrogens is 3. The van der Waals surface area contributed by atoms with Crippen molar-refractivity contribution in [2.45, 2.75) is 50.4 Å². The first-order valence-corrected chi connectivity index (χ1v) is 10.9. The molecule has 2 aromatic heterocycles. The molecule has 2 fully saturated rings. The lowest BCUT2D eigenvalue weighted by atomic mass is 10.1. The molecule has 0 aliphatic carbocycles. The van der Waals surface area contributed by atoms with Crippen LogP contribution in [-0.4, -0.2) is 64.8 Å². The van der Waals surface area contributed by atoms with Gasteiger partial charge in [-0.3, -0.25) is 0 Å². The molecule has 12 heteroatoms. The number of aliphatic hydroxyl groups excluding tert-OH is 1. The van der Waals surface area contributed by atoms with Gasteiger partial charge in [0.15, 0.2) is 29.2 Å². The molecule has 0 spiro atoms. The Morgan fingerprint density at radius 3 is 2.46 bits per heavy atom. The Balaban J connectivity index is 1.66. The van der Waals surface area contributed by atoms with Crippen molar-refractivity contribution in [3.63, 3.8) is 0 Å². The van der Waals surface area contributed by atoms with Gasteiger partial charge >= 0.3 is 6.18 Å². The molecular weight excluding hydrogens is 471 g/mol. The minimum atomic E-state index is -4.66. The first kappa shape index (κ1) is 23.8. The fraction of sp³-hybridized carbons (Fsp3) is 0.478. The highest BCUT2D eigenvalue weighted by molar-refractivity contribution is 5.83. The van der Waals surface area contributed by atoms with Gasteiger partial charge in [-0.15, -0.1) is 0 Å². The van der Waals surface area contributed by atoms with E-state index in [1.807, 2.05) is 0 Å². The smallest absolute Gasteiger partial charge is 0.417 e. The summed E-state index contributed by atoms with van der Waals surface area (Å²) in [6, 6.07) is 5.71. The number of pyridine rings is 1. The van der Waals surface area contributed by atoms with Crippen LogP contribution in [0.15, 0.2) is 30.5 Å². The van der Waals surface area contributed by atoms with Gasteiger partial charge in [0, 0.05) is 5.56 Å². The molecule has 2 saturated heterocycles. The van der Waals surface area contributed by atoms with Crippen LogP contribution in [0, 0.1) is 0 Å². The van der Waals surface area contributed by atoms with Crippen LogP contribution in [0.1, 0.15) is 25.6 Å². The average molecular weight is 495 g/mol. The fourth-order valence-corrected chi connectivity index (χ4v) is 4.59. The molecule has 188 valence electrons. The van der Waals surface area contributed by atoms with E-state index in [1.165, 1.54) is 18.9 Å². The number of aliphatic hydroxyl groups is 1. The molecule has 4 heterocycles. The number of hydrogen-bond acceptors (Lipinski definition) is 8. The van der Waals surface area contributed by atoms with Crippen molar-refractivity contribution in [3.8, 4) is 22.8 Å². The minimum Gasteiger partial charge on any atom is -0.493 e. The third kappa shape index (κ3) is 3.99. The van der Waals surface area contributed by atoms with E-state index in [0.29, 0.717) is 17.1 Å². The normalized spacial score (nSPS) is 25.7. The van der Waals surface area contributed by atoms with Crippen LogP contribution in [0.25, 0.3) is 22.3 Å². The molecule has 0 radical (unpaired) electrons. The monoisotopic (exact) mass is 495 g/mol. The van der Waals surface area contributed by atoms with Gasteiger partial charge in [0.05, 0.1) is 43.7 Å². The number of halogens is 3. The summed E-state index contributed by atoms with van der Waals surface area (Å²) in [6.45, 7) is 3.08. The Morgan fingerprint density at radius 1 is 1.09 bits per heavy atom. The number of benzene rings is 1. The molecule has 2 aliphatic heterocycles. The number of alkyl halides is 3. The summed E-state index contributed by atoms with van der Waals surface area (Å²) in [5.41, 5.74) is -0.483. The summed E-state index contributed by atoms with van der Waals surface area (Å²) in [6.07, 6.45) is -6.56. The molecule has 4 atom stereocenters. The SMILES string of the molecule is COc1ccc(-c2cc(C(F)(F)F)c3cnn([C@@H]4O[C@H](CO)[C@H]5OC(C)(C)O[C@H]54)c3n2)cc1OC. The lowest BCUT2D eigenvalue weighted by Gasteiger charge is -2.24. The van der Waals surface area contributed by atoms with E-state index in [4.69, 9.17) is 23.7 Å². The van der Waals surface area contributed by atoms with Crippen LogP contribution in [0.3, 0.4) is 0 Å². The van der Waals surface area contributed by atoms with Crippen molar-refractivity contribution in [2.24, 2.45) is 0 Å². The Morgan fingerprint density at radius 2 is 1.80 bits per heavy atom. The van der Waals surface area contributed by atoms with E-state index in [1.54, 1.807) is 32.0 Å². The number of hydrogen-bond donors (Lipinski definition) is 1. The number of fused-ring (bicyclic) bond motifs is 2. The van der Waals surface area contributed by atoms with Crippen molar-refractivity contribution in [3.05, 3.63) is 36.0 Å². The third-order valence-electron chi connectivity index (χ3n) is 6.10. The second-order valence-electron chi connectivity index (χ2n) is 8.76. The van der Waals surface area contributed by atoms with Crippen LogP contribution in [0.2, 0.25) is 0 Å². The van der Waals surface area contributed by atoms with Crippen LogP contribution in [0.4, 0.5) is 13.2 Å². The largest absolute Gasteiger partial charge is 0.493 e. The molecule has 0 unspecified atom stereocenters. The summed E-state index contributed by atoms with van der Waals surface area (Å²) in [5.74, 6) is -0.177. The zero-order valence-corrected chi connectivity index (χ0v) is 19.4. The molecule has 1 aromatic carbocycles. The maximum Gasteiger partial charge on any atom is 0.417 e. The quantitative estimate of drug-likeness (QED) is 0.574. The molecular formula is C23H24F3N3O6. The maximum absolute atomic E-state index is 14.1. The van der Waals surface area contributed by atoms with E-state index in [0.717, 1.165) is 12.3 Å². The highest BCUT2D eigenvalue weighted by Gasteiger charge is 2.56. The molecule has 35 heavy (non-hydrogen) atoms. The highest BCUT2D eigenvalue weighted by atomic mass is 19.4. The molecule has 0 bridgehead atoms. The molecule has 3 aromatic rings. The molecule has 0 amide bonds. The summed E-state index contributed by atoms with van der Waals surface area (Å²) < 4.78 is 71.7. The second kappa shape index (κ2) is 8.33. The van der Waals surface area contributed by atoms with Gasteiger partial charge in [-0.25, -0.2) is 9.67 Å². The summed E-state index contributed by atoms with van der Waals surface area (Å²) in [5, 5.41) is 13.8. The Bertz CT molecular complexity index is 1260. The van der Waals surface area contributed by atoms with Crippen LogP contribution < -0.4 is 9.47 Å². The van der Waals surface area contributed by atoms with Crippen molar-refractivity contribution in [2.75, 3.05) is 20.8 Å². The lowest BCUT2D eigenvalue weighted by molar-refractivity contribution is -0.201. The highest BCUT2D eigenvalue weighted by Crippen LogP contribution is 2.45. The van der Waals surface area contributed by atoms with Crippen molar-refractivity contribution < 1.29 is 42.0 Å². The van der Waals surface area contributed by atoms with Crippen molar-refractivity contribution >= 4 is 11.0 Å². The molecule has 0 saturated carbocycles. The average Bonchev–Trinajstić information content (AvgIpc) is 3.47. The van der Waals surface area contributed by atoms with E-state index in [9.17, 15) is 18.3 Å². The summed E-state index contributed by atoms with van der Waals surface area (Å²) in [4.78, 5) is 4.52. The zero-order valence-electron chi connectivity index (χ0n) is 19.4. The van der Waals surface area contributed by atoms with Gasteiger partial charge in [-0.2, -0.15) is 18.3 Å². The predicted molar refractivity (Wildman–Crippen MR) is 116 cm³/mol. The summed E-state index contributed by atoms with van der Waals surface area (Å²) >= 11 is 0. The molecule has 5 rings (SSSR count). The number of methoxy groups -OCH3 is 2. The van der Waals surface area contributed by atoms with E-state index < -0.39 is 42.1 Å².